The first-order chi connectivity index (χ1) is 8.92. The molecule has 0 aliphatic heterocycles. The minimum atomic E-state index is -1.37. The van der Waals surface area contributed by atoms with Crippen LogP contribution >= 0.6 is 0 Å². The molecule has 0 heterocycles. The highest BCUT2D eigenvalue weighted by atomic mass is 28.3. The summed E-state index contributed by atoms with van der Waals surface area (Å²) < 4.78 is 11.3. The van der Waals surface area contributed by atoms with E-state index >= 15 is 0 Å². The van der Waals surface area contributed by atoms with Crippen LogP contribution in [-0.4, -0.2) is 27.4 Å². The highest BCUT2D eigenvalue weighted by molar-refractivity contribution is 6.83. The molecule has 0 aromatic heterocycles. The molecule has 1 unspecified atom stereocenters. The molecule has 19 heavy (non-hydrogen) atoms. The van der Waals surface area contributed by atoms with Crippen molar-refractivity contribution in [3.05, 3.63) is 35.9 Å². The van der Waals surface area contributed by atoms with E-state index in [4.69, 9.17) is 9.47 Å². The zero-order valence-electron chi connectivity index (χ0n) is 12.6. The molecular formula is C16H24O2Si. The van der Waals surface area contributed by atoms with Crippen molar-refractivity contribution < 1.29 is 9.47 Å². The van der Waals surface area contributed by atoms with E-state index in [1.54, 1.807) is 7.11 Å². The molecule has 0 radical (unpaired) electrons. The van der Waals surface area contributed by atoms with Crippen LogP contribution in [0.4, 0.5) is 0 Å². The Balaban J connectivity index is 2.54. The van der Waals surface area contributed by atoms with Gasteiger partial charge in [0.25, 0.3) is 0 Å². The standard InChI is InChI=1S/C16H24O2Si/c1-14(16(17-2)11-12-19(3,4)5)18-13-15-9-7-6-8-10-15/h6-10,14,16H,13H2,1-5H3/t14-,16?/m1/s1. The first-order valence-corrected chi connectivity index (χ1v) is 10.1. The van der Waals surface area contributed by atoms with Gasteiger partial charge in [0.1, 0.15) is 14.2 Å². The van der Waals surface area contributed by atoms with E-state index in [-0.39, 0.29) is 12.2 Å². The molecule has 1 aromatic rings. The zero-order valence-corrected chi connectivity index (χ0v) is 13.6. The van der Waals surface area contributed by atoms with E-state index in [0.29, 0.717) is 6.61 Å². The van der Waals surface area contributed by atoms with Crippen LogP contribution in [-0.2, 0) is 16.1 Å². The molecule has 0 aliphatic carbocycles. The fourth-order valence-corrected chi connectivity index (χ4v) is 2.12. The second kappa shape index (κ2) is 7.49. The lowest BCUT2D eigenvalue weighted by molar-refractivity contribution is -0.0291. The molecule has 2 atom stereocenters. The first-order valence-electron chi connectivity index (χ1n) is 6.63. The van der Waals surface area contributed by atoms with Crippen molar-refractivity contribution in [3.8, 4) is 11.5 Å². The van der Waals surface area contributed by atoms with Gasteiger partial charge in [-0.05, 0) is 12.5 Å². The molecule has 1 rings (SSSR count). The molecule has 0 saturated heterocycles. The number of hydrogen-bond donors (Lipinski definition) is 0. The summed E-state index contributed by atoms with van der Waals surface area (Å²) in [6.45, 7) is 9.28. The van der Waals surface area contributed by atoms with Crippen molar-refractivity contribution in [1.82, 2.24) is 0 Å². The van der Waals surface area contributed by atoms with Crippen LogP contribution in [0.25, 0.3) is 0 Å². The zero-order chi connectivity index (χ0) is 14.3. The van der Waals surface area contributed by atoms with Crippen molar-refractivity contribution in [2.45, 2.75) is 45.4 Å². The maximum atomic E-state index is 5.83. The third kappa shape index (κ3) is 6.58. The molecule has 2 nitrogen and oxygen atoms in total. The van der Waals surface area contributed by atoms with Crippen LogP contribution in [0, 0.1) is 11.5 Å². The average molecular weight is 276 g/mol. The van der Waals surface area contributed by atoms with E-state index in [0.717, 1.165) is 0 Å². The summed E-state index contributed by atoms with van der Waals surface area (Å²) >= 11 is 0. The fourth-order valence-electron chi connectivity index (χ4n) is 1.54. The maximum absolute atomic E-state index is 5.83. The Morgan fingerprint density at radius 1 is 1.16 bits per heavy atom. The van der Waals surface area contributed by atoms with Crippen LogP contribution in [0.2, 0.25) is 19.6 Å². The summed E-state index contributed by atoms with van der Waals surface area (Å²) in [6.07, 6.45) is -0.190. The van der Waals surface area contributed by atoms with E-state index < -0.39 is 8.07 Å². The van der Waals surface area contributed by atoms with Gasteiger partial charge in [-0.3, -0.25) is 0 Å². The maximum Gasteiger partial charge on any atom is 0.142 e. The second-order valence-electron chi connectivity index (χ2n) is 5.68. The van der Waals surface area contributed by atoms with E-state index in [2.05, 4.69) is 43.2 Å². The topological polar surface area (TPSA) is 18.5 Å². The van der Waals surface area contributed by atoms with Crippen molar-refractivity contribution >= 4 is 8.07 Å². The molecule has 0 fully saturated rings. The van der Waals surface area contributed by atoms with E-state index in [1.807, 2.05) is 25.1 Å². The largest absolute Gasteiger partial charge is 0.370 e. The Morgan fingerprint density at radius 2 is 1.79 bits per heavy atom. The Morgan fingerprint density at radius 3 is 2.32 bits per heavy atom. The lowest BCUT2D eigenvalue weighted by atomic mass is 10.2. The van der Waals surface area contributed by atoms with Gasteiger partial charge in [0.15, 0.2) is 0 Å². The predicted molar refractivity (Wildman–Crippen MR) is 82.6 cm³/mol. The Labute approximate surface area is 118 Å². The molecule has 0 spiro atoms. The quantitative estimate of drug-likeness (QED) is 0.605. The van der Waals surface area contributed by atoms with E-state index in [1.165, 1.54) is 5.56 Å². The molecular weight excluding hydrogens is 252 g/mol. The van der Waals surface area contributed by atoms with Gasteiger partial charge >= 0.3 is 0 Å². The molecule has 0 saturated carbocycles. The number of hydrogen-bond acceptors (Lipinski definition) is 2. The van der Waals surface area contributed by atoms with Crippen LogP contribution in [0.15, 0.2) is 30.3 Å². The van der Waals surface area contributed by atoms with Gasteiger partial charge in [-0.25, -0.2) is 0 Å². The first kappa shape index (κ1) is 16.0. The van der Waals surface area contributed by atoms with Crippen LogP contribution in [0.1, 0.15) is 12.5 Å². The lowest BCUT2D eigenvalue weighted by Gasteiger charge is -2.19. The third-order valence-electron chi connectivity index (χ3n) is 2.63. The van der Waals surface area contributed by atoms with Gasteiger partial charge in [-0.2, -0.15) is 0 Å². The summed E-state index contributed by atoms with van der Waals surface area (Å²) in [6, 6.07) is 10.2. The molecule has 0 N–H and O–H groups in total. The minimum Gasteiger partial charge on any atom is -0.370 e. The highest BCUT2D eigenvalue weighted by Crippen LogP contribution is 2.08. The Kier molecular flexibility index (Phi) is 6.30. The molecule has 3 heteroatoms. The van der Waals surface area contributed by atoms with Gasteiger partial charge in [-0.15, -0.1) is 5.54 Å². The normalized spacial score (nSPS) is 14.4. The van der Waals surface area contributed by atoms with Crippen molar-refractivity contribution in [2.75, 3.05) is 7.11 Å². The summed E-state index contributed by atoms with van der Waals surface area (Å²) in [7, 11) is 0.321. The molecule has 104 valence electrons. The highest BCUT2D eigenvalue weighted by Gasteiger charge is 2.16. The summed E-state index contributed by atoms with van der Waals surface area (Å²) in [5.41, 5.74) is 4.50. The third-order valence-corrected chi connectivity index (χ3v) is 3.52. The van der Waals surface area contributed by atoms with Gasteiger partial charge in [0.05, 0.1) is 12.7 Å². The lowest BCUT2D eigenvalue weighted by Crippen LogP contribution is -2.28. The predicted octanol–water partition coefficient (Wildman–Crippen LogP) is 3.49. The van der Waals surface area contributed by atoms with E-state index in [9.17, 15) is 0 Å². The van der Waals surface area contributed by atoms with Crippen molar-refractivity contribution in [3.63, 3.8) is 0 Å². The average Bonchev–Trinajstić information content (AvgIpc) is 2.37. The van der Waals surface area contributed by atoms with Gasteiger partial charge in [0, 0.05) is 7.11 Å². The summed E-state index contributed by atoms with van der Waals surface area (Å²) in [4.78, 5) is 0. The number of benzene rings is 1. The Bertz CT molecular complexity index is 426. The van der Waals surface area contributed by atoms with Gasteiger partial charge in [0.2, 0.25) is 0 Å². The smallest absolute Gasteiger partial charge is 0.142 e. The molecule has 0 aliphatic rings. The number of methoxy groups -OCH3 is 1. The van der Waals surface area contributed by atoms with Crippen molar-refractivity contribution in [1.29, 1.82) is 0 Å². The Hall–Kier alpha value is -1.08. The number of rotatable bonds is 5. The number of ether oxygens (including phenoxy) is 2. The van der Waals surface area contributed by atoms with Gasteiger partial charge < -0.3 is 9.47 Å². The fraction of sp³-hybridized carbons (Fsp3) is 0.500. The summed E-state index contributed by atoms with van der Waals surface area (Å²) in [5, 5.41) is 0. The van der Waals surface area contributed by atoms with Crippen LogP contribution < -0.4 is 0 Å². The van der Waals surface area contributed by atoms with Crippen molar-refractivity contribution in [2.24, 2.45) is 0 Å². The molecule has 0 amide bonds. The molecule has 0 bridgehead atoms. The minimum absolute atomic E-state index is 0.0333. The van der Waals surface area contributed by atoms with Crippen LogP contribution in [0.5, 0.6) is 0 Å². The SMILES string of the molecule is COC(C#C[Si](C)(C)C)[C@@H](C)OCc1ccccc1. The second-order valence-corrected chi connectivity index (χ2v) is 10.4. The molecule has 1 aromatic carbocycles. The van der Waals surface area contributed by atoms with Crippen LogP contribution in [0.3, 0.4) is 0 Å². The summed E-state index contributed by atoms with van der Waals surface area (Å²) in [5.74, 6) is 3.21. The van der Waals surface area contributed by atoms with Gasteiger partial charge in [-0.1, -0.05) is 55.9 Å². The monoisotopic (exact) mass is 276 g/mol.